The molecule has 0 unspecified atom stereocenters. The maximum atomic E-state index is 14.4. The lowest BCUT2D eigenvalue weighted by Gasteiger charge is -2.35. The zero-order chi connectivity index (χ0) is 98.1. The smallest absolute Gasteiger partial charge is 0.322 e. The summed E-state index contributed by atoms with van der Waals surface area (Å²) >= 11 is 0. The van der Waals surface area contributed by atoms with Crippen LogP contribution in [0.4, 0.5) is 0 Å². The van der Waals surface area contributed by atoms with Gasteiger partial charge in [-0.2, -0.15) is 0 Å². The van der Waals surface area contributed by atoms with Gasteiger partial charge < -0.3 is 159 Å². The number of rotatable bonds is 91. The van der Waals surface area contributed by atoms with E-state index in [1.165, 1.54) is 0 Å². The highest BCUT2D eigenvalue weighted by Gasteiger charge is 2.50. The Morgan fingerprint density at radius 1 is 0.254 bits per heavy atom. The van der Waals surface area contributed by atoms with Crippen molar-refractivity contribution in [2.45, 2.75) is 88.4 Å². The normalized spacial score (nSPS) is 13.1. The van der Waals surface area contributed by atoms with E-state index in [0.717, 1.165) is 24.3 Å². The summed E-state index contributed by atoms with van der Waals surface area (Å²) in [5, 5.41) is 46.1. The summed E-state index contributed by atoms with van der Waals surface area (Å²) in [4.78, 5) is 233. The summed E-state index contributed by atoms with van der Waals surface area (Å²) in [6, 6.07) is -7.24. The number of imide groups is 2. The molecule has 2 heterocycles. The van der Waals surface area contributed by atoms with Gasteiger partial charge in [0.1, 0.15) is 50.5 Å². The molecule has 0 aromatic rings. The minimum absolute atomic E-state index is 0.0721. The Morgan fingerprint density at radius 2 is 0.478 bits per heavy atom. The molecule has 0 saturated heterocycles. The molecule has 0 spiro atoms. The third-order valence-corrected chi connectivity index (χ3v) is 17.8. The van der Waals surface area contributed by atoms with Gasteiger partial charge in [0.25, 0.3) is 23.6 Å². The molecule has 2 aliphatic rings. The number of hydrogen-bond acceptors (Lipinski definition) is 36. The second kappa shape index (κ2) is 81.0. The van der Waals surface area contributed by atoms with E-state index < -0.39 is 196 Å². The Kier molecular flexibility index (Phi) is 72.4. The number of aliphatic carboxylic acids is 2. The molecule has 0 aromatic heterocycles. The average Bonchev–Trinajstić information content (AvgIpc) is 1.75. The van der Waals surface area contributed by atoms with Gasteiger partial charge in [-0.1, -0.05) is 0 Å². The van der Waals surface area contributed by atoms with Gasteiger partial charge in [0.15, 0.2) is 0 Å². The summed E-state index contributed by atoms with van der Waals surface area (Å²) in [7, 11) is 3.21. The van der Waals surface area contributed by atoms with Gasteiger partial charge in [-0.3, -0.25) is 96.1 Å². The van der Waals surface area contributed by atoms with E-state index in [1.807, 2.05) is 10.6 Å². The fourth-order valence-corrected chi connectivity index (χ4v) is 11.1. The van der Waals surface area contributed by atoms with E-state index in [4.69, 9.17) is 95.5 Å². The zero-order valence-electron chi connectivity index (χ0n) is 76.3. The predicted octanol–water partition coefficient (Wildman–Crippen LogP) is -8.67. The van der Waals surface area contributed by atoms with Crippen LogP contribution in [-0.2, 0) is 172 Å². The van der Waals surface area contributed by atoms with Crippen molar-refractivity contribution >= 4 is 106 Å². The number of nitrogens with one attached hydrogen (secondary N) is 12. The molecule has 2 rings (SSSR count). The molecule has 4 atom stereocenters. The van der Waals surface area contributed by atoms with E-state index in [2.05, 4.69) is 53.2 Å². The Morgan fingerprint density at radius 3 is 0.724 bits per heavy atom. The number of carbonyl (C=O) groups excluding carboxylic acids is 16. The molecule has 0 fully saturated rings. The molecule has 2 aliphatic heterocycles. The van der Waals surface area contributed by atoms with Crippen molar-refractivity contribution in [3.05, 3.63) is 24.3 Å². The monoisotopic (exact) mass is 1920 g/mol. The zero-order valence-corrected chi connectivity index (χ0v) is 76.3. The Hall–Kier alpha value is -10.4. The number of carbonyl (C=O) groups is 18. The van der Waals surface area contributed by atoms with Gasteiger partial charge in [-0.25, -0.2) is 0 Å². The summed E-state index contributed by atoms with van der Waals surface area (Å²) in [5.41, 5.74) is 0. The Balaban J connectivity index is 1.95. The van der Waals surface area contributed by atoms with E-state index in [-0.39, 0.29) is 131 Å². The third kappa shape index (κ3) is 64.5. The van der Waals surface area contributed by atoms with Crippen molar-refractivity contribution in [3.8, 4) is 0 Å². The summed E-state index contributed by atoms with van der Waals surface area (Å²) in [6.45, 7) is 6.37. The molecule has 16 amide bonds. The Bertz CT molecular complexity index is 3260. The molecule has 52 heteroatoms. The molecule has 0 radical (unpaired) electrons. The van der Waals surface area contributed by atoms with E-state index in [9.17, 15) is 86.3 Å². The SMILES string of the molecule is COCCOCCOCCOCCOCCOCCOCCOCCOCC(=O)NCCCC[C@H](NC(=O)CCCNC(=O)[C@H]([C@H](C(=O)NCCCC(=O)N[C@@H](CCCCNC(=O)COCCOCCOCCOCCOCCOCCOCCOCCOC)C(=O)NCC(=O)NCC(=O)NCC(=O)O)N1C(=O)C=CC1=O)N1C(=O)C=CC1=O)C(=O)NCC(=O)NCC(=O)NCC(=O)O. The minimum Gasteiger partial charge on any atom is -0.480 e. The fraction of sp³-hybridized carbons (Fsp3) is 0.732. The van der Waals surface area contributed by atoms with Crippen molar-refractivity contribution in [1.82, 2.24) is 73.6 Å². The molecule has 0 saturated carbocycles. The third-order valence-electron chi connectivity index (χ3n) is 17.8. The quantitative estimate of drug-likeness (QED) is 0.0199. The van der Waals surface area contributed by atoms with Crippen molar-refractivity contribution < 1.29 is 182 Å². The number of carboxylic acids is 2. The van der Waals surface area contributed by atoms with E-state index in [1.54, 1.807) is 14.2 Å². The van der Waals surface area contributed by atoms with Crippen LogP contribution in [0.2, 0.25) is 0 Å². The maximum absolute atomic E-state index is 14.4. The van der Waals surface area contributed by atoms with Gasteiger partial charge in [0.05, 0.1) is 238 Å². The molecule has 52 nitrogen and oxygen atoms in total. The fourth-order valence-electron chi connectivity index (χ4n) is 11.1. The molecule has 0 bridgehead atoms. The number of ether oxygens (including phenoxy) is 18. The highest BCUT2D eigenvalue weighted by atomic mass is 16.6. The predicted molar refractivity (Wildman–Crippen MR) is 462 cm³/mol. The summed E-state index contributed by atoms with van der Waals surface area (Å²) < 4.78 is 96.8. The van der Waals surface area contributed by atoms with Crippen LogP contribution in [0.5, 0.6) is 0 Å². The largest absolute Gasteiger partial charge is 0.480 e. The number of methoxy groups -OCH3 is 2. The first-order valence-corrected chi connectivity index (χ1v) is 43.9. The van der Waals surface area contributed by atoms with Crippen LogP contribution in [0.25, 0.3) is 0 Å². The molecular formula is C82H136N14O38. The first kappa shape index (κ1) is 120. The first-order valence-electron chi connectivity index (χ1n) is 43.9. The lowest BCUT2D eigenvalue weighted by molar-refractivity contribution is -0.156. The van der Waals surface area contributed by atoms with Crippen molar-refractivity contribution in [2.75, 3.05) is 304 Å². The molecular weight excluding hydrogens is 1790 g/mol. The molecule has 0 aromatic carbocycles. The van der Waals surface area contributed by atoms with Gasteiger partial charge in [0.2, 0.25) is 70.9 Å². The van der Waals surface area contributed by atoms with Gasteiger partial charge >= 0.3 is 11.9 Å². The molecule has 134 heavy (non-hydrogen) atoms. The maximum Gasteiger partial charge on any atom is 0.322 e. The van der Waals surface area contributed by atoms with Crippen LogP contribution in [0.3, 0.4) is 0 Å². The Labute approximate surface area is 776 Å². The number of nitrogens with zero attached hydrogens (tertiary/aromatic N) is 2. The minimum atomic E-state index is -2.28. The van der Waals surface area contributed by atoms with Crippen LogP contribution in [0.15, 0.2) is 24.3 Å². The molecule has 14 N–H and O–H groups in total. The highest BCUT2D eigenvalue weighted by Crippen LogP contribution is 2.22. The second-order valence-electron chi connectivity index (χ2n) is 28.4. The lowest BCUT2D eigenvalue weighted by Crippen LogP contribution is -2.66. The highest BCUT2D eigenvalue weighted by molar-refractivity contribution is 6.19. The van der Waals surface area contributed by atoms with Crippen LogP contribution < -0.4 is 63.8 Å². The summed E-state index contributed by atoms with van der Waals surface area (Å²) in [6.07, 6.45) is 2.43. The van der Waals surface area contributed by atoms with E-state index >= 15 is 0 Å². The van der Waals surface area contributed by atoms with Crippen molar-refractivity contribution in [1.29, 1.82) is 0 Å². The lowest BCUT2D eigenvalue weighted by atomic mass is 10.0. The number of hydrogen-bond donors (Lipinski definition) is 14. The first-order chi connectivity index (χ1) is 64.9. The molecule has 0 aliphatic carbocycles. The average molecular weight is 1930 g/mol. The van der Waals surface area contributed by atoms with Gasteiger partial charge in [0, 0.05) is 77.5 Å². The topological polar surface area (TPSA) is 665 Å². The summed E-state index contributed by atoms with van der Waals surface area (Å²) in [5.74, 6) is -17.5. The van der Waals surface area contributed by atoms with Crippen molar-refractivity contribution in [2.24, 2.45) is 0 Å². The van der Waals surface area contributed by atoms with Crippen LogP contribution >= 0.6 is 0 Å². The van der Waals surface area contributed by atoms with Crippen molar-refractivity contribution in [3.63, 3.8) is 0 Å². The molecule has 762 valence electrons. The second-order valence-corrected chi connectivity index (χ2v) is 28.4. The number of unbranched alkanes of at least 4 members (excludes halogenated alkanes) is 2. The standard InChI is InChI=1S/C82H136N14O38/c1-117-21-23-119-25-27-121-29-31-123-33-35-125-37-39-127-41-43-129-45-47-131-49-51-133-59-69(103)83-17-5-3-9-61(79(113)91-55-67(101)87-53-65(99)89-57-75(109)110)93-63(97)11-7-19-85-81(115)77(95-71(105)13-14-72(95)106)78(96-73(107)15-16-74(96)108)82(116)86-20-8-12-64(98)94-62(80(114)92-56-68(102)88-54-66(100)90-58-76(111)112)10-4-6-18-84-70(104)60-134-52-50-132-48-46-130-44-42-128-40-38-126-36-34-124-32-30-122-28-26-120-24-22-118-2/h13-16,61-62,77-78H,3-12,17-60H2,1-2H3,(H,83,103)(H,84,104)(H,85,115)(H,86,116)(H,87,101)(H,88,102)(H,89,99)(H,90,100)(H,91,113)(H,92,114)(H,93,97)(H,94,98)(H,109,110)(H,111,112)/t61-,62-,77-,78+/m0/s1. The van der Waals surface area contributed by atoms with Crippen LogP contribution in [0.1, 0.15) is 64.2 Å². The number of carboxylic acid groups (broad SMARTS) is 2. The van der Waals surface area contributed by atoms with E-state index in [0.29, 0.717) is 168 Å². The van der Waals surface area contributed by atoms with Gasteiger partial charge in [-0.05, 0) is 51.4 Å². The van der Waals surface area contributed by atoms with Crippen LogP contribution in [-0.4, -0.2) is 455 Å². The van der Waals surface area contributed by atoms with Gasteiger partial charge in [-0.15, -0.1) is 0 Å². The number of amides is 16. The van der Waals surface area contributed by atoms with Crippen LogP contribution in [0, 0.1) is 0 Å².